The summed E-state index contributed by atoms with van der Waals surface area (Å²) in [5.41, 5.74) is -0.947. The zero-order valence-corrected chi connectivity index (χ0v) is 32.6. The van der Waals surface area contributed by atoms with Crippen LogP contribution in [-0.2, 0) is 27.3 Å². The molecule has 9 rings (SSSR count). The van der Waals surface area contributed by atoms with Gasteiger partial charge in [-0.1, -0.05) is 80.1 Å². The number of fused-ring (bicyclic) bond motifs is 1. The Bertz CT molecular complexity index is 1760. The van der Waals surface area contributed by atoms with Crippen LogP contribution in [-0.4, -0.2) is 82.8 Å². The Balaban J connectivity index is 1.10. The number of hydrogen-bond donors (Lipinski definition) is 3. The second kappa shape index (κ2) is 14.5. The third-order valence-corrected chi connectivity index (χ3v) is 15.6. The molecule has 54 heavy (non-hydrogen) atoms. The second-order valence-electron chi connectivity index (χ2n) is 18.1. The molecule has 1 aliphatic heterocycles. The summed E-state index contributed by atoms with van der Waals surface area (Å²) in [5.74, 6) is -0.520. The molecule has 292 valence electrons. The van der Waals surface area contributed by atoms with Crippen LogP contribution >= 0.6 is 11.6 Å². The van der Waals surface area contributed by atoms with Crippen LogP contribution in [0.4, 0.5) is 4.39 Å². The van der Waals surface area contributed by atoms with Crippen molar-refractivity contribution in [3.05, 3.63) is 94.3 Å². The first-order chi connectivity index (χ1) is 25.8. The van der Waals surface area contributed by atoms with E-state index in [1.165, 1.54) is 6.07 Å². The van der Waals surface area contributed by atoms with Gasteiger partial charge in [0.05, 0.1) is 37.1 Å². The number of rotatable bonds is 13. The molecule has 2 spiro atoms. The van der Waals surface area contributed by atoms with Crippen molar-refractivity contribution in [2.24, 2.45) is 33.5 Å². The third kappa shape index (κ3) is 6.27. The molecule has 6 aliphatic carbocycles. The first-order valence-corrected chi connectivity index (χ1v) is 20.6. The van der Waals surface area contributed by atoms with E-state index < -0.39 is 39.9 Å². The van der Waals surface area contributed by atoms with Gasteiger partial charge in [0.25, 0.3) is 0 Å². The molecular formula is C45H57ClFNO6. The molecule has 9 heteroatoms. The molecule has 3 N–H and O–H groups in total. The maximum absolute atomic E-state index is 15.2. The minimum Gasteiger partial charge on any atom is -0.393 e. The zero-order chi connectivity index (χ0) is 37.9. The summed E-state index contributed by atoms with van der Waals surface area (Å²) in [4.78, 5) is 17.0. The van der Waals surface area contributed by atoms with Crippen molar-refractivity contribution < 1.29 is 34.0 Å². The van der Waals surface area contributed by atoms with Crippen LogP contribution in [0.15, 0.2) is 72.3 Å². The topological polar surface area (TPSA) is 99.5 Å². The van der Waals surface area contributed by atoms with Crippen molar-refractivity contribution >= 4 is 17.4 Å². The molecule has 1 unspecified atom stereocenters. The van der Waals surface area contributed by atoms with Crippen molar-refractivity contribution in [1.29, 1.82) is 0 Å². The normalized spacial score (nSPS) is 38.6. The van der Waals surface area contributed by atoms with E-state index in [1.807, 2.05) is 30.3 Å². The fourth-order valence-electron chi connectivity index (χ4n) is 12.5. The predicted molar refractivity (Wildman–Crippen MR) is 206 cm³/mol. The number of hydrogen-bond acceptors (Lipinski definition) is 7. The van der Waals surface area contributed by atoms with Gasteiger partial charge in [-0.15, -0.1) is 0 Å². The van der Waals surface area contributed by atoms with Gasteiger partial charge in [0.1, 0.15) is 5.82 Å². The second-order valence-corrected chi connectivity index (χ2v) is 18.5. The summed E-state index contributed by atoms with van der Waals surface area (Å²) in [6.45, 7) is 7.26. The molecule has 1 heterocycles. The molecule has 2 bridgehead atoms. The number of carbonyl (C=O) groups is 1. The average molecular weight is 762 g/mol. The van der Waals surface area contributed by atoms with Crippen molar-refractivity contribution in [1.82, 2.24) is 4.90 Å². The van der Waals surface area contributed by atoms with Gasteiger partial charge in [-0.3, -0.25) is 9.69 Å². The Hall–Kier alpha value is -2.43. The SMILES string of the molecule is C[C@]12CC[C@H]3[C@]4(C=C[C@@]5(C=C4C(=O)Cc4c(F)cccc4Cl)CC(O)CC[C@]35C)[C@@H]1CC[C@@]2(O)CN(C[C@@H](O)COCc1ccccc1)C[C@H]1CCCO1. The lowest BCUT2D eigenvalue weighted by Crippen LogP contribution is -2.67. The molecule has 0 radical (unpaired) electrons. The summed E-state index contributed by atoms with van der Waals surface area (Å²) in [7, 11) is 0. The average Bonchev–Trinajstić information content (AvgIpc) is 3.75. The number of allylic oxidation sites excluding steroid dienone is 4. The number of benzene rings is 2. The third-order valence-electron chi connectivity index (χ3n) is 15.3. The molecule has 0 aromatic heterocycles. The summed E-state index contributed by atoms with van der Waals surface area (Å²) >= 11 is 6.50. The van der Waals surface area contributed by atoms with E-state index >= 15 is 4.39 Å². The standard InChI is InChI=1S/C45H57ClFNO6/c1-41-16-13-31(49)23-43(41)19-20-45(35(24-43)38(51)22-34-36(46)11-6-12-37(34)47)39(41)14-17-42(2)40(45)15-18-44(42,52)29-48(26-33-10-7-21-54-33)25-32(50)28-53-27-30-8-4-3-5-9-30/h3-6,8-9,11-12,19-20,24,31-33,39-40,49-50,52H,7,10,13-18,21-23,25-29H2,1-2H3/t31?,32-,33-,39-,40-,41-,42+,43+,44-,45-/m1/s1. The first kappa shape index (κ1) is 38.4. The van der Waals surface area contributed by atoms with Gasteiger partial charge in [0.2, 0.25) is 0 Å². The van der Waals surface area contributed by atoms with Gasteiger partial charge in [-0.25, -0.2) is 4.39 Å². The number of halogens is 2. The largest absolute Gasteiger partial charge is 0.393 e. The van der Waals surface area contributed by atoms with Crippen molar-refractivity contribution in [2.75, 3.05) is 32.8 Å². The molecule has 7 aliphatic rings. The van der Waals surface area contributed by atoms with Gasteiger partial charge in [-0.2, -0.15) is 0 Å². The van der Waals surface area contributed by atoms with E-state index in [1.54, 1.807) is 12.1 Å². The Morgan fingerprint density at radius 2 is 1.78 bits per heavy atom. The molecule has 3 saturated carbocycles. The molecule has 7 nitrogen and oxygen atoms in total. The first-order valence-electron chi connectivity index (χ1n) is 20.3. The molecular weight excluding hydrogens is 705 g/mol. The van der Waals surface area contributed by atoms with Crippen molar-refractivity contribution in [3.8, 4) is 0 Å². The monoisotopic (exact) mass is 761 g/mol. The highest BCUT2D eigenvalue weighted by Crippen LogP contribution is 2.78. The van der Waals surface area contributed by atoms with Crippen LogP contribution in [0.25, 0.3) is 0 Å². The molecule has 2 aromatic carbocycles. The number of ketones is 1. The maximum atomic E-state index is 15.2. The molecule has 4 fully saturated rings. The lowest BCUT2D eigenvalue weighted by Gasteiger charge is -2.71. The fourth-order valence-corrected chi connectivity index (χ4v) is 12.7. The highest BCUT2D eigenvalue weighted by molar-refractivity contribution is 6.31. The van der Waals surface area contributed by atoms with Crippen LogP contribution in [0.3, 0.4) is 0 Å². The van der Waals surface area contributed by atoms with Gasteiger partial charge in [0, 0.05) is 65.1 Å². The van der Waals surface area contributed by atoms with Gasteiger partial charge < -0.3 is 24.8 Å². The number of nitrogens with zero attached hydrogens (tertiary/aromatic N) is 1. The van der Waals surface area contributed by atoms with E-state index in [4.69, 9.17) is 21.1 Å². The number of carbonyl (C=O) groups excluding carboxylic acids is 1. The van der Waals surface area contributed by atoms with Gasteiger partial charge in [0.15, 0.2) is 5.78 Å². The minimum atomic E-state index is -1.09. The summed E-state index contributed by atoms with van der Waals surface area (Å²) in [6, 6.07) is 14.5. The highest BCUT2D eigenvalue weighted by atomic mass is 35.5. The Kier molecular flexibility index (Phi) is 10.3. The smallest absolute Gasteiger partial charge is 0.164 e. The zero-order valence-electron chi connectivity index (χ0n) is 31.8. The Labute approximate surface area is 324 Å². The van der Waals surface area contributed by atoms with Crippen LogP contribution in [0.2, 0.25) is 5.02 Å². The summed E-state index contributed by atoms with van der Waals surface area (Å²) in [6.07, 6.45) is 12.5. The predicted octanol–water partition coefficient (Wildman–Crippen LogP) is 7.24. The summed E-state index contributed by atoms with van der Waals surface area (Å²) in [5, 5.41) is 35.6. The molecule has 1 saturated heterocycles. The van der Waals surface area contributed by atoms with Crippen LogP contribution in [0, 0.1) is 39.3 Å². The minimum absolute atomic E-state index is 0.0390. The molecule has 0 amide bonds. The lowest BCUT2D eigenvalue weighted by atomic mass is 9.32. The maximum Gasteiger partial charge on any atom is 0.164 e. The van der Waals surface area contributed by atoms with Gasteiger partial charge in [-0.05, 0) is 92.7 Å². The van der Waals surface area contributed by atoms with Crippen LogP contribution < -0.4 is 0 Å². The van der Waals surface area contributed by atoms with E-state index in [-0.39, 0.29) is 52.8 Å². The van der Waals surface area contributed by atoms with Crippen LogP contribution in [0.5, 0.6) is 0 Å². The Morgan fingerprint density at radius 1 is 1.02 bits per heavy atom. The number of aliphatic hydroxyl groups is 3. The molecule has 10 atom stereocenters. The van der Waals surface area contributed by atoms with Gasteiger partial charge >= 0.3 is 0 Å². The fraction of sp³-hybridized carbons (Fsp3) is 0.622. The van der Waals surface area contributed by atoms with E-state index in [2.05, 4.69) is 37.0 Å². The highest BCUT2D eigenvalue weighted by Gasteiger charge is 2.74. The Morgan fingerprint density at radius 3 is 2.54 bits per heavy atom. The van der Waals surface area contributed by atoms with Crippen molar-refractivity contribution in [3.63, 3.8) is 0 Å². The van der Waals surface area contributed by atoms with E-state index in [0.717, 1.165) is 57.1 Å². The number of Topliss-reactive ketones (excluding diaryl/α,β-unsaturated/α-hetero) is 1. The molecule has 2 aromatic rings. The summed E-state index contributed by atoms with van der Waals surface area (Å²) < 4.78 is 27.2. The number of ether oxygens (including phenoxy) is 2. The van der Waals surface area contributed by atoms with Crippen LogP contribution in [0.1, 0.15) is 82.8 Å². The quantitative estimate of drug-likeness (QED) is 0.185. The van der Waals surface area contributed by atoms with Crippen molar-refractivity contribution in [2.45, 2.75) is 109 Å². The number of aliphatic hydroxyl groups excluding tert-OH is 2. The van der Waals surface area contributed by atoms with E-state index in [0.29, 0.717) is 44.7 Å². The lowest BCUT2D eigenvalue weighted by molar-refractivity contribution is -0.180. The van der Waals surface area contributed by atoms with E-state index in [9.17, 15) is 20.1 Å².